The second kappa shape index (κ2) is 10.5. The number of nitrogens with one attached hydrogen (secondary N) is 2. The van der Waals surface area contributed by atoms with E-state index in [1.54, 1.807) is 31.4 Å². The van der Waals surface area contributed by atoms with E-state index in [0.29, 0.717) is 18.0 Å². The summed E-state index contributed by atoms with van der Waals surface area (Å²) in [5.74, 6) is -1.15. The van der Waals surface area contributed by atoms with Crippen LogP contribution in [0.15, 0.2) is 54.7 Å². The Labute approximate surface area is 184 Å². The highest BCUT2D eigenvalue weighted by Gasteiger charge is 2.22. The first kappa shape index (κ1) is 22.9. The number of halogens is 2. The van der Waals surface area contributed by atoms with Gasteiger partial charge >= 0.3 is 6.03 Å². The topological polar surface area (TPSA) is 88.6 Å². The lowest BCUT2D eigenvalue weighted by Gasteiger charge is -2.23. The van der Waals surface area contributed by atoms with Gasteiger partial charge in [0.15, 0.2) is 11.6 Å². The van der Waals surface area contributed by atoms with Gasteiger partial charge in [0, 0.05) is 25.4 Å². The molecule has 0 radical (unpaired) electrons. The smallest absolute Gasteiger partial charge is 0.332 e. The van der Waals surface area contributed by atoms with Crippen LogP contribution in [0.2, 0.25) is 0 Å². The molecule has 0 aliphatic heterocycles. The summed E-state index contributed by atoms with van der Waals surface area (Å²) in [6, 6.07) is 10.9. The van der Waals surface area contributed by atoms with E-state index in [9.17, 15) is 13.6 Å². The Hall–Kier alpha value is -3.79. The number of aromatic nitrogens is 2. The lowest BCUT2D eigenvalue weighted by molar-refractivity contribution is 0.190. The molecule has 1 aromatic heterocycles. The highest BCUT2D eigenvalue weighted by molar-refractivity contribution is 6.06. The molecule has 0 spiro atoms. The molecule has 0 fully saturated rings. The molecule has 2 N–H and O–H groups in total. The average Bonchev–Trinajstić information content (AvgIpc) is 2.78. The van der Waals surface area contributed by atoms with Crippen LogP contribution in [0.5, 0.6) is 5.75 Å². The van der Waals surface area contributed by atoms with Crippen molar-refractivity contribution < 1.29 is 23.0 Å². The highest BCUT2D eigenvalue weighted by Crippen LogP contribution is 2.28. The van der Waals surface area contributed by atoms with Crippen LogP contribution in [0.1, 0.15) is 6.92 Å². The molecule has 32 heavy (non-hydrogen) atoms. The molecule has 3 aromatic rings. The summed E-state index contributed by atoms with van der Waals surface area (Å²) in [5.41, 5.74) is 0.129. The lowest BCUT2D eigenvalue weighted by Crippen LogP contribution is -2.32. The molecule has 1 unspecified atom stereocenters. The van der Waals surface area contributed by atoms with Gasteiger partial charge in [-0.2, -0.15) is 4.98 Å². The number of benzene rings is 2. The van der Waals surface area contributed by atoms with E-state index in [0.717, 1.165) is 6.07 Å². The third kappa shape index (κ3) is 5.46. The zero-order valence-corrected chi connectivity index (χ0v) is 17.8. The molecule has 1 atom stereocenters. The second-order valence-electron chi connectivity index (χ2n) is 6.80. The molecule has 168 valence electrons. The number of amides is 2. The van der Waals surface area contributed by atoms with Crippen LogP contribution in [0.3, 0.4) is 0 Å². The zero-order valence-electron chi connectivity index (χ0n) is 17.8. The SMILES string of the molecule is COCC(C)Nc1nccc(N(C(=O)Nc2cccc(F)c2F)c2ccc(OC)cc2)n1. The molecule has 0 bridgehead atoms. The summed E-state index contributed by atoms with van der Waals surface area (Å²) in [5, 5.41) is 5.47. The minimum Gasteiger partial charge on any atom is -0.497 e. The summed E-state index contributed by atoms with van der Waals surface area (Å²) in [4.78, 5) is 23.0. The molecule has 2 amide bonds. The summed E-state index contributed by atoms with van der Waals surface area (Å²) in [6.07, 6.45) is 1.48. The molecular formula is C22H23F2N5O3. The first-order chi connectivity index (χ1) is 15.4. The van der Waals surface area contributed by atoms with Crippen molar-refractivity contribution >= 4 is 29.2 Å². The molecule has 1 heterocycles. The monoisotopic (exact) mass is 443 g/mol. The summed E-state index contributed by atoms with van der Waals surface area (Å²) in [6.45, 7) is 2.31. The van der Waals surface area contributed by atoms with Gasteiger partial charge in [0.05, 0.1) is 25.1 Å². The van der Waals surface area contributed by atoms with Crippen LogP contribution >= 0.6 is 0 Å². The predicted octanol–water partition coefficient (Wildman–Crippen LogP) is 4.58. The van der Waals surface area contributed by atoms with E-state index in [-0.39, 0.29) is 23.5 Å². The zero-order chi connectivity index (χ0) is 23.1. The maximum atomic E-state index is 14.1. The van der Waals surface area contributed by atoms with Crippen LogP contribution in [-0.2, 0) is 4.74 Å². The van der Waals surface area contributed by atoms with Crippen LogP contribution in [0.4, 0.5) is 36.7 Å². The molecule has 0 saturated heterocycles. The van der Waals surface area contributed by atoms with Crippen molar-refractivity contribution in [2.24, 2.45) is 0 Å². The standard InChI is InChI=1S/C22H23F2N5O3/c1-14(13-31-2)26-21-25-12-11-19(28-21)29(15-7-9-16(32-3)10-8-15)22(30)27-18-6-4-5-17(23)20(18)24/h4-12,14H,13H2,1-3H3,(H,27,30)(H,25,26,28). The van der Waals surface area contributed by atoms with Gasteiger partial charge in [-0.15, -0.1) is 0 Å². The third-order valence-electron chi connectivity index (χ3n) is 4.39. The lowest BCUT2D eigenvalue weighted by atomic mass is 10.2. The normalized spacial score (nSPS) is 11.5. The molecule has 0 saturated carbocycles. The number of rotatable bonds is 8. The van der Waals surface area contributed by atoms with Gasteiger partial charge in [0.1, 0.15) is 11.6 Å². The number of ether oxygens (including phenoxy) is 2. The largest absolute Gasteiger partial charge is 0.497 e. The number of carbonyl (C=O) groups is 1. The summed E-state index contributed by atoms with van der Waals surface area (Å²) in [7, 11) is 3.10. The van der Waals surface area contributed by atoms with Crippen LogP contribution in [-0.4, -0.2) is 42.9 Å². The molecule has 2 aromatic carbocycles. The number of methoxy groups -OCH3 is 2. The quantitative estimate of drug-likeness (QED) is 0.530. The van der Waals surface area contributed by atoms with Crippen molar-refractivity contribution in [2.45, 2.75) is 13.0 Å². The van der Waals surface area contributed by atoms with E-state index in [1.807, 2.05) is 6.92 Å². The number of anilines is 4. The summed E-state index contributed by atoms with van der Waals surface area (Å²) >= 11 is 0. The number of hydrogen-bond acceptors (Lipinski definition) is 6. The Balaban J connectivity index is 1.97. The van der Waals surface area contributed by atoms with Crippen LogP contribution in [0.25, 0.3) is 0 Å². The van der Waals surface area contributed by atoms with Gasteiger partial charge in [-0.3, -0.25) is 0 Å². The minimum absolute atomic E-state index is 0.0834. The van der Waals surface area contributed by atoms with Crippen molar-refractivity contribution in [3.63, 3.8) is 0 Å². The minimum atomic E-state index is -1.16. The number of urea groups is 1. The van der Waals surface area contributed by atoms with Gasteiger partial charge < -0.3 is 20.1 Å². The third-order valence-corrected chi connectivity index (χ3v) is 4.39. The Bertz CT molecular complexity index is 1070. The van der Waals surface area contributed by atoms with Crippen molar-refractivity contribution in [3.8, 4) is 5.75 Å². The number of hydrogen-bond donors (Lipinski definition) is 2. The maximum Gasteiger partial charge on any atom is 0.332 e. The van der Waals surface area contributed by atoms with Gasteiger partial charge in [-0.1, -0.05) is 6.07 Å². The fraction of sp³-hybridized carbons (Fsp3) is 0.227. The van der Waals surface area contributed by atoms with Gasteiger partial charge in [-0.05, 0) is 43.3 Å². The Morgan fingerprint density at radius 3 is 2.56 bits per heavy atom. The Kier molecular flexibility index (Phi) is 7.50. The second-order valence-corrected chi connectivity index (χ2v) is 6.80. The summed E-state index contributed by atoms with van der Waals surface area (Å²) < 4.78 is 38.0. The van der Waals surface area contributed by atoms with E-state index in [4.69, 9.17) is 9.47 Å². The molecule has 10 heteroatoms. The van der Waals surface area contributed by atoms with Crippen LogP contribution < -0.4 is 20.3 Å². The first-order valence-electron chi connectivity index (χ1n) is 9.70. The molecule has 0 aliphatic carbocycles. The molecular weight excluding hydrogens is 420 g/mol. The van der Waals surface area contributed by atoms with Gasteiger partial charge in [0.2, 0.25) is 5.95 Å². The van der Waals surface area contributed by atoms with E-state index >= 15 is 0 Å². The van der Waals surface area contributed by atoms with E-state index < -0.39 is 17.7 Å². The average molecular weight is 443 g/mol. The fourth-order valence-corrected chi connectivity index (χ4v) is 2.91. The number of carbonyl (C=O) groups excluding carboxylic acids is 1. The van der Waals surface area contributed by atoms with E-state index in [2.05, 4.69) is 20.6 Å². The number of nitrogens with zero attached hydrogens (tertiary/aromatic N) is 3. The van der Waals surface area contributed by atoms with Crippen LogP contribution in [0, 0.1) is 11.6 Å². The van der Waals surface area contributed by atoms with Crippen molar-refractivity contribution in [2.75, 3.05) is 36.4 Å². The Morgan fingerprint density at radius 1 is 1.12 bits per heavy atom. The fourth-order valence-electron chi connectivity index (χ4n) is 2.91. The Morgan fingerprint density at radius 2 is 1.88 bits per heavy atom. The maximum absolute atomic E-state index is 14.1. The molecule has 8 nitrogen and oxygen atoms in total. The van der Waals surface area contributed by atoms with Crippen molar-refractivity contribution in [3.05, 3.63) is 66.4 Å². The van der Waals surface area contributed by atoms with E-state index in [1.165, 1.54) is 36.4 Å². The highest BCUT2D eigenvalue weighted by atomic mass is 19.2. The first-order valence-corrected chi connectivity index (χ1v) is 9.70. The van der Waals surface area contributed by atoms with Gasteiger partial charge in [0.25, 0.3) is 0 Å². The van der Waals surface area contributed by atoms with Crippen molar-refractivity contribution in [1.29, 1.82) is 0 Å². The van der Waals surface area contributed by atoms with Gasteiger partial charge in [-0.25, -0.2) is 23.5 Å². The molecule has 0 aliphatic rings. The molecule has 3 rings (SSSR count). The van der Waals surface area contributed by atoms with Crippen molar-refractivity contribution in [1.82, 2.24) is 9.97 Å². The predicted molar refractivity (Wildman–Crippen MR) is 118 cm³/mol.